The highest BCUT2D eigenvalue weighted by molar-refractivity contribution is 7.17. The molecule has 2 atom stereocenters. The fraction of sp³-hybridized carbons (Fsp3) is 0.529. The zero-order chi connectivity index (χ0) is 13.2. The lowest BCUT2D eigenvalue weighted by Gasteiger charge is -2.21. The molecule has 3 heteroatoms. The Hall–Kier alpha value is -0.570. The van der Waals surface area contributed by atoms with Crippen LogP contribution in [-0.4, -0.2) is 24.0 Å². The molecule has 1 fully saturated rings. The van der Waals surface area contributed by atoms with Crippen LogP contribution in [0.4, 0.5) is 0 Å². The Labute approximate surface area is 132 Å². The summed E-state index contributed by atoms with van der Waals surface area (Å²) in [6.45, 7) is 7.10. The molecule has 2 unspecified atom stereocenters. The normalized spacial score (nSPS) is 21.1. The second kappa shape index (κ2) is 6.93. The minimum Gasteiger partial charge on any atom is -0.300 e. The van der Waals surface area contributed by atoms with Crippen molar-refractivity contribution in [3.63, 3.8) is 0 Å². The molecule has 20 heavy (non-hydrogen) atoms. The lowest BCUT2D eigenvalue weighted by molar-refractivity contribution is 0.260. The maximum Gasteiger partial charge on any atom is 0.0378 e. The summed E-state index contributed by atoms with van der Waals surface area (Å²) in [6, 6.07) is 9.86. The lowest BCUT2D eigenvalue weighted by atomic mass is 10.1. The molecule has 0 spiro atoms. The van der Waals surface area contributed by atoms with E-state index in [0.717, 1.165) is 12.0 Å². The van der Waals surface area contributed by atoms with Gasteiger partial charge in [-0.25, -0.2) is 0 Å². The third-order valence-corrected chi connectivity index (χ3v) is 5.14. The SMILES string of the molecule is CCCN(CCC)C1CC1c1cccc2ccsc12.Cl. The van der Waals surface area contributed by atoms with Gasteiger partial charge < -0.3 is 0 Å². The molecule has 110 valence electrons. The molecule has 0 bridgehead atoms. The third kappa shape index (κ3) is 3.03. The van der Waals surface area contributed by atoms with Gasteiger partial charge in [-0.15, -0.1) is 23.7 Å². The highest BCUT2D eigenvalue weighted by Crippen LogP contribution is 2.47. The summed E-state index contributed by atoms with van der Waals surface area (Å²) in [5, 5.41) is 3.65. The number of thiophene rings is 1. The molecule has 0 radical (unpaired) electrons. The number of nitrogens with zero attached hydrogens (tertiary/aromatic N) is 1. The molecule has 1 heterocycles. The first kappa shape index (κ1) is 15.8. The van der Waals surface area contributed by atoms with Crippen LogP contribution in [0.3, 0.4) is 0 Å². The minimum absolute atomic E-state index is 0. The number of benzene rings is 1. The molecule has 0 amide bonds. The summed E-state index contributed by atoms with van der Waals surface area (Å²) in [7, 11) is 0. The summed E-state index contributed by atoms with van der Waals surface area (Å²) in [5.74, 6) is 0.778. The Morgan fingerprint density at radius 1 is 1.15 bits per heavy atom. The van der Waals surface area contributed by atoms with Crippen molar-refractivity contribution >= 4 is 33.8 Å². The first-order valence-electron chi connectivity index (χ1n) is 7.55. The van der Waals surface area contributed by atoms with Gasteiger partial charge >= 0.3 is 0 Å². The van der Waals surface area contributed by atoms with Gasteiger partial charge in [-0.1, -0.05) is 32.0 Å². The van der Waals surface area contributed by atoms with Gasteiger partial charge in [0.05, 0.1) is 0 Å². The molecular formula is C17H24ClNS. The molecular weight excluding hydrogens is 286 g/mol. The fourth-order valence-corrected chi connectivity index (χ4v) is 4.22. The van der Waals surface area contributed by atoms with E-state index in [1.165, 1.54) is 42.4 Å². The van der Waals surface area contributed by atoms with E-state index in [-0.39, 0.29) is 12.4 Å². The van der Waals surface area contributed by atoms with Crippen LogP contribution >= 0.6 is 23.7 Å². The van der Waals surface area contributed by atoms with Crippen molar-refractivity contribution in [2.75, 3.05) is 13.1 Å². The molecule has 1 aliphatic rings. The van der Waals surface area contributed by atoms with Crippen molar-refractivity contribution in [3.8, 4) is 0 Å². The van der Waals surface area contributed by atoms with Gasteiger partial charge in [0.25, 0.3) is 0 Å². The standard InChI is InChI=1S/C17H23NS.ClH/c1-3-9-18(10-4-2)16-12-15(16)14-7-5-6-13-8-11-19-17(13)14;/h5-8,11,15-16H,3-4,9-10,12H2,1-2H3;1H. The maximum atomic E-state index is 2.71. The van der Waals surface area contributed by atoms with Crippen LogP contribution in [0.15, 0.2) is 29.6 Å². The van der Waals surface area contributed by atoms with E-state index in [9.17, 15) is 0 Å². The minimum atomic E-state index is 0. The number of halogens is 1. The summed E-state index contributed by atoms with van der Waals surface area (Å²) < 4.78 is 1.52. The number of fused-ring (bicyclic) bond motifs is 1. The van der Waals surface area contributed by atoms with E-state index in [2.05, 4.69) is 48.4 Å². The largest absolute Gasteiger partial charge is 0.300 e. The van der Waals surface area contributed by atoms with E-state index in [0.29, 0.717) is 0 Å². The van der Waals surface area contributed by atoms with Gasteiger partial charge in [-0.2, -0.15) is 0 Å². The monoisotopic (exact) mass is 309 g/mol. The quantitative estimate of drug-likeness (QED) is 0.699. The predicted molar refractivity (Wildman–Crippen MR) is 92.4 cm³/mol. The summed E-state index contributed by atoms with van der Waals surface area (Å²) >= 11 is 1.90. The van der Waals surface area contributed by atoms with Crippen LogP contribution < -0.4 is 0 Å². The molecule has 1 saturated carbocycles. The van der Waals surface area contributed by atoms with Crippen LogP contribution in [0.25, 0.3) is 10.1 Å². The van der Waals surface area contributed by atoms with Gasteiger partial charge in [-0.3, -0.25) is 4.90 Å². The smallest absolute Gasteiger partial charge is 0.0378 e. The van der Waals surface area contributed by atoms with Gasteiger partial charge in [0.1, 0.15) is 0 Å². The van der Waals surface area contributed by atoms with Gasteiger partial charge in [0, 0.05) is 16.7 Å². The first-order chi connectivity index (χ1) is 9.35. The van der Waals surface area contributed by atoms with Crippen molar-refractivity contribution in [2.45, 2.75) is 45.1 Å². The van der Waals surface area contributed by atoms with E-state index in [1.807, 2.05) is 11.3 Å². The second-order valence-electron chi connectivity index (χ2n) is 5.63. The van der Waals surface area contributed by atoms with Crippen molar-refractivity contribution < 1.29 is 0 Å². The van der Waals surface area contributed by atoms with Crippen molar-refractivity contribution in [1.82, 2.24) is 4.90 Å². The Bertz CT molecular complexity index is 545. The Balaban J connectivity index is 0.00000147. The second-order valence-corrected chi connectivity index (χ2v) is 6.55. The van der Waals surface area contributed by atoms with Crippen LogP contribution in [0, 0.1) is 0 Å². The fourth-order valence-electron chi connectivity index (χ4n) is 3.25. The van der Waals surface area contributed by atoms with Crippen LogP contribution in [-0.2, 0) is 0 Å². The Morgan fingerprint density at radius 3 is 2.60 bits per heavy atom. The highest BCUT2D eigenvalue weighted by atomic mass is 35.5. The maximum absolute atomic E-state index is 2.71. The Morgan fingerprint density at radius 2 is 1.90 bits per heavy atom. The lowest BCUT2D eigenvalue weighted by Crippen LogP contribution is -2.28. The topological polar surface area (TPSA) is 3.24 Å². The highest BCUT2D eigenvalue weighted by Gasteiger charge is 2.42. The molecule has 3 rings (SSSR count). The number of hydrogen-bond donors (Lipinski definition) is 0. The first-order valence-corrected chi connectivity index (χ1v) is 8.43. The average molecular weight is 310 g/mol. The zero-order valence-electron chi connectivity index (χ0n) is 12.3. The van der Waals surface area contributed by atoms with Crippen LogP contribution in [0.1, 0.15) is 44.6 Å². The third-order valence-electron chi connectivity index (χ3n) is 4.16. The van der Waals surface area contributed by atoms with Gasteiger partial charge in [-0.05, 0) is 54.7 Å². The molecule has 1 nitrogen and oxygen atoms in total. The number of rotatable bonds is 6. The molecule has 1 aliphatic carbocycles. The molecule has 1 aromatic carbocycles. The van der Waals surface area contributed by atoms with Gasteiger partial charge in [0.15, 0.2) is 0 Å². The van der Waals surface area contributed by atoms with Crippen LogP contribution in [0.2, 0.25) is 0 Å². The van der Waals surface area contributed by atoms with Gasteiger partial charge in [0.2, 0.25) is 0 Å². The summed E-state index contributed by atoms with van der Waals surface area (Å²) in [6.07, 6.45) is 3.90. The van der Waals surface area contributed by atoms with E-state index in [4.69, 9.17) is 0 Å². The van der Waals surface area contributed by atoms with E-state index >= 15 is 0 Å². The average Bonchev–Trinajstić information content (AvgIpc) is 3.06. The number of hydrogen-bond acceptors (Lipinski definition) is 2. The van der Waals surface area contributed by atoms with E-state index in [1.54, 1.807) is 5.56 Å². The molecule has 0 N–H and O–H groups in total. The Kier molecular flexibility index (Phi) is 5.48. The van der Waals surface area contributed by atoms with Crippen molar-refractivity contribution in [3.05, 3.63) is 35.2 Å². The van der Waals surface area contributed by atoms with E-state index < -0.39 is 0 Å². The van der Waals surface area contributed by atoms with Crippen molar-refractivity contribution in [1.29, 1.82) is 0 Å². The predicted octanol–water partition coefficient (Wildman–Crippen LogP) is 5.30. The summed E-state index contributed by atoms with van der Waals surface area (Å²) in [5.41, 5.74) is 1.59. The molecule has 0 saturated heterocycles. The molecule has 2 aromatic rings. The van der Waals surface area contributed by atoms with Crippen LogP contribution in [0.5, 0.6) is 0 Å². The molecule has 1 aromatic heterocycles. The van der Waals surface area contributed by atoms with Crippen molar-refractivity contribution in [2.24, 2.45) is 0 Å². The zero-order valence-corrected chi connectivity index (χ0v) is 14.0. The molecule has 0 aliphatic heterocycles. The summed E-state index contributed by atoms with van der Waals surface area (Å²) in [4.78, 5) is 2.71.